The molecule has 3 saturated heterocycles. The molecule has 0 saturated carbocycles. The van der Waals surface area contributed by atoms with E-state index in [2.05, 4.69) is 6.58 Å². The third-order valence-corrected chi connectivity index (χ3v) is 10.3. The highest BCUT2D eigenvalue weighted by Gasteiger charge is 2.77. The summed E-state index contributed by atoms with van der Waals surface area (Å²) in [6.45, 7) is 10.6. The van der Waals surface area contributed by atoms with Crippen LogP contribution in [0.3, 0.4) is 0 Å². The largest absolute Gasteiger partial charge is 0.481 e. The van der Waals surface area contributed by atoms with Crippen LogP contribution in [0.25, 0.3) is 0 Å². The van der Waals surface area contributed by atoms with Crippen molar-refractivity contribution in [1.29, 1.82) is 0 Å². The smallest absolute Gasteiger partial charge is 0.308 e. The molecule has 5 atom stereocenters. The van der Waals surface area contributed by atoms with Gasteiger partial charge < -0.3 is 20.0 Å². The van der Waals surface area contributed by atoms with Crippen LogP contribution < -0.4 is 4.90 Å². The zero-order valence-electron chi connectivity index (χ0n) is 21.5. The Morgan fingerprint density at radius 3 is 2.61 bits per heavy atom. The van der Waals surface area contributed by atoms with Crippen LogP contribution in [-0.2, 0) is 14.4 Å². The predicted molar refractivity (Wildman–Crippen MR) is 142 cm³/mol. The summed E-state index contributed by atoms with van der Waals surface area (Å²) in [7, 11) is 0. The van der Waals surface area contributed by atoms with Crippen molar-refractivity contribution in [3.8, 4) is 0 Å². The van der Waals surface area contributed by atoms with Crippen LogP contribution in [0.4, 0.5) is 5.69 Å². The van der Waals surface area contributed by atoms with Crippen LogP contribution in [0.5, 0.6) is 0 Å². The summed E-state index contributed by atoms with van der Waals surface area (Å²) in [6, 6.07) is 5.27. The zero-order valence-corrected chi connectivity index (χ0v) is 22.4. The van der Waals surface area contributed by atoms with Crippen LogP contribution in [0.2, 0.25) is 0 Å². The predicted octanol–water partition coefficient (Wildman–Crippen LogP) is 3.94. The van der Waals surface area contributed by atoms with Gasteiger partial charge in [-0.15, -0.1) is 18.3 Å². The molecule has 2 unspecified atom stereocenters. The molecule has 0 radical (unpaired) electrons. The number of aliphatic hydroxyl groups is 1. The standard InChI is InChI=1S/C28H38N2O5S/c1-5-14-29(20-17-18(2)10-11-19(20)3)25(33)23-28-13-12-27(4,36-28)22(26(34)35)21(28)24(32)30(23)15-8-6-7-9-16-31/h5,10-11,17,21-23,31H,1,6-9,12-16H2,2-4H3,(H,34,35)/t21-,22-,23?,27+,28?/m0/s1. The second-order valence-electron chi connectivity index (χ2n) is 10.8. The molecule has 0 aromatic heterocycles. The fourth-order valence-electron chi connectivity index (χ4n) is 6.66. The molecule has 8 heteroatoms. The fraction of sp³-hybridized carbons (Fsp3) is 0.607. The first-order chi connectivity index (χ1) is 17.1. The molecule has 0 aliphatic carbocycles. The minimum Gasteiger partial charge on any atom is -0.481 e. The van der Waals surface area contributed by atoms with Crippen LogP contribution in [0.1, 0.15) is 56.6 Å². The number of hydrogen-bond donors (Lipinski definition) is 2. The van der Waals surface area contributed by atoms with Crippen molar-refractivity contribution in [2.75, 3.05) is 24.6 Å². The molecule has 3 fully saturated rings. The van der Waals surface area contributed by atoms with Gasteiger partial charge in [0, 0.05) is 30.1 Å². The Kier molecular flexibility index (Phi) is 7.58. The number of hydrogen-bond acceptors (Lipinski definition) is 5. The Balaban J connectivity index is 1.75. The average Bonchev–Trinajstić information content (AvgIpc) is 3.39. The molecule has 2 bridgehead atoms. The lowest BCUT2D eigenvalue weighted by atomic mass is 9.66. The number of carbonyl (C=O) groups is 3. The number of carboxylic acid groups (broad SMARTS) is 1. The van der Waals surface area contributed by atoms with Gasteiger partial charge in [0.25, 0.3) is 5.91 Å². The number of amides is 2. The summed E-state index contributed by atoms with van der Waals surface area (Å²) in [5.41, 5.74) is 2.79. The van der Waals surface area contributed by atoms with E-state index in [4.69, 9.17) is 5.11 Å². The number of aliphatic hydroxyl groups excluding tert-OH is 1. The molecule has 4 rings (SSSR count). The van der Waals surface area contributed by atoms with E-state index in [1.165, 1.54) is 0 Å². The van der Waals surface area contributed by atoms with E-state index in [0.29, 0.717) is 38.8 Å². The second kappa shape index (κ2) is 10.2. The Hall–Kier alpha value is -2.32. The van der Waals surface area contributed by atoms with Crippen molar-refractivity contribution in [3.05, 3.63) is 42.0 Å². The number of thioether (sulfide) groups is 1. The Morgan fingerprint density at radius 1 is 1.22 bits per heavy atom. The number of aryl methyl sites for hydroxylation is 2. The zero-order chi connectivity index (χ0) is 26.3. The van der Waals surface area contributed by atoms with E-state index in [0.717, 1.165) is 29.7 Å². The minimum atomic E-state index is -0.946. The highest BCUT2D eigenvalue weighted by Crippen LogP contribution is 2.71. The summed E-state index contributed by atoms with van der Waals surface area (Å²) in [4.78, 5) is 44.3. The molecule has 2 amide bonds. The minimum absolute atomic E-state index is 0.136. The molecule has 1 aromatic rings. The molecular weight excluding hydrogens is 476 g/mol. The lowest BCUT2D eigenvalue weighted by Gasteiger charge is -2.37. The van der Waals surface area contributed by atoms with Crippen molar-refractivity contribution in [1.82, 2.24) is 4.90 Å². The number of unbranched alkanes of at least 4 members (excludes halogenated alkanes) is 3. The number of benzene rings is 1. The van der Waals surface area contributed by atoms with Gasteiger partial charge in [-0.1, -0.05) is 31.1 Å². The average molecular weight is 515 g/mol. The molecule has 1 aromatic carbocycles. The van der Waals surface area contributed by atoms with Crippen molar-refractivity contribution in [2.24, 2.45) is 11.8 Å². The molecule has 3 aliphatic heterocycles. The number of aliphatic carboxylic acids is 1. The molecule has 3 heterocycles. The Bertz CT molecular complexity index is 1060. The normalized spacial score (nSPS) is 30.5. The number of nitrogens with zero attached hydrogens (tertiary/aromatic N) is 2. The number of fused-ring (bicyclic) bond motifs is 1. The number of anilines is 1. The van der Waals surface area contributed by atoms with Gasteiger partial charge >= 0.3 is 5.97 Å². The first-order valence-corrected chi connectivity index (χ1v) is 13.8. The fourth-order valence-corrected chi connectivity index (χ4v) is 9.01. The van der Waals surface area contributed by atoms with Crippen LogP contribution in [-0.4, -0.2) is 68.1 Å². The summed E-state index contributed by atoms with van der Waals surface area (Å²) in [6.07, 6.45) is 6.13. The van der Waals surface area contributed by atoms with E-state index in [1.807, 2.05) is 39.0 Å². The van der Waals surface area contributed by atoms with Gasteiger partial charge in [0.2, 0.25) is 5.91 Å². The SMILES string of the molecule is C=CCN(C(=O)C1N(CCCCCCO)C(=O)[C@@H]2[C@@H](C(=O)O)[C@@]3(C)CCC12S3)c1cc(C)ccc1C. The third kappa shape index (κ3) is 4.26. The van der Waals surface area contributed by atoms with Gasteiger partial charge in [-0.25, -0.2) is 0 Å². The summed E-state index contributed by atoms with van der Waals surface area (Å²) in [5, 5.41) is 19.3. The van der Waals surface area contributed by atoms with Crippen molar-refractivity contribution in [2.45, 2.75) is 74.8 Å². The van der Waals surface area contributed by atoms with Gasteiger partial charge in [-0.3, -0.25) is 14.4 Å². The van der Waals surface area contributed by atoms with Gasteiger partial charge in [-0.2, -0.15) is 0 Å². The number of likely N-dealkylation sites (tertiary alicyclic amines) is 1. The molecule has 196 valence electrons. The first-order valence-electron chi connectivity index (χ1n) is 12.9. The highest BCUT2D eigenvalue weighted by molar-refractivity contribution is 8.02. The van der Waals surface area contributed by atoms with Gasteiger partial charge in [0.05, 0.1) is 16.6 Å². The molecule has 7 nitrogen and oxygen atoms in total. The Morgan fingerprint density at radius 2 is 1.94 bits per heavy atom. The van der Waals surface area contributed by atoms with Crippen molar-refractivity contribution < 1.29 is 24.6 Å². The third-order valence-electron chi connectivity index (χ3n) is 8.32. The van der Waals surface area contributed by atoms with Crippen LogP contribution >= 0.6 is 11.8 Å². The van der Waals surface area contributed by atoms with Gasteiger partial charge in [0.1, 0.15) is 6.04 Å². The lowest BCUT2D eigenvalue weighted by molar-refractivity contribution is -0.150. The van der Waals surface area contributed by atoms with Crippen molar-refractivity contribution >= 4 is 35.2 Å². The number of carbonyl (C=O) groups excluding carboxylic acids is 2. The first kappa shape index (κ1) is 26.7. The van der Waals surface area contributed by atoms with E-state index in [9.17, 15) is 19.5 Å². The summed E-state index contributed by atoms with van der Waals surface area (Å²) < 4.78 is -1.30. The molecule has 2 N–H and O–H groups in total. The molecular formula is C28H38N2O5S. The van der Waals surface area contributed by atoms with Gasteiger partial charge in [0.15, 0.2) is 0 Å². The lowest BCUT2D eigenvalue weighted by Crippen LogP contribution is -2.55. The summed E-state index contributed by atoms with van der Waals surface area (Å²) >= 11 is 1.57. The molecule has 3 aliphatic rings. The quantitative estimate of drug-likeness (QED) is 0.343. The van der Waals surface area contributed by atoms with Crippen LogP contribution in [0.15, 0.2) is 30.9 Å². The molecule has 1 spiro atoms. The van der Waals surface area contributed by atoms with E-state index in [1.54, 1.807) is 27.6 Å². The molecule has 36 heavy (non-hydrogen) atoms. The second-order valence-corrected chi connectivity index (χ2v) is 12.7. The topological polar surface area (TPSA) is 98.2 Å². The maximum atomic E-state index is 14.5. The monoisotopic (exact) mass is 514 g/mol. The van der Waals surface area contributed by atoms with Crippen molar-refractivity contribution in [3.63, 3.8) is 0 Å². The Labute approximate surface area is 217 Å². The van der Waals surface area contributed by atoms with E-state index in [-0.39, 0.29) is 18.4 Å². The highest BCUT2D eigenvalue weighted by atomic mass is 32.2. The number of rotatable bonds is 11. The maximum Gasteiger partial charge on any atom is 0.308 e. The van der Waals surface area contributed by atoms with E-state index >= 15 is 0 Å². The van der Waals surface area contributed by atoms with E-state index < -0.39 is 33.3 Å². The number of carboxylic acids is 1. The summed E-state index contributed by atoms with van der Waals surface area (Å²) in [5.74, 6) is -2.80. The van der Waals surface area contributed by atoms with Crippen LogP contribution in [0, 0.1) is 25.7 Å². The van der Waals surface area contributed by atoms with Gasteiger partial charge in [-0.05, 0) is 63.6 Å². The maximum absolute atomic E-state index is 14.5.